The fraction of sp³-hybridized carbons (Fsp3) is 0.318. The number of carbonyl (C=O) groups is 2. The van der Waals surface area contributed by atoms with Crippen LogP contribution in [0, 0.1) is 12.8 Å². The number of amides is 1. The van der Waals surface area contributed by atoms with Crippen LogP contribution in [-0.4, -0.2) is 29.5 Å². The number of pyridine rings is 1. The zero-order valence-electron chi connectivity index (χ0n) is 16.5. The molecule has 0 bridgehead atoms. The number of benzene rings is 1. The molecule has 0 fully saturated rings. The lowest BCUT2D eigenvalue weighted by Gasteiger charge is -2.15. The maximum Gasteiger partial charge on any atom is 0.339 e. The first-order chi connectivity index (χ1) is 13.3. The molecule has 28 heavy (non-hydrogen) atoms. The monoisotopic (exact) mass is 380 g/mol. The number of esters is 1. The highest BCUT2D eigenvalue weighted by atomic mass is 16.5. The first-order valence-corrected chi connectivity index (χ1v) is 9.30. The molecule has 0 aliphatic carbocycles. The molecule has 1 amide bonds. The number of hydrogen-bond donors (Lipinski definition) is 1. The number of para-hydroxylation sites is 1. The molecule has 0 saturated carbocycles. The summed E-state index contributed by atoms with van der Waals surface area (Å²) in [5, 5.41) is 3.43. The molecule has 1 aromatic carbocycles. The molecular formula is C22H24N2O4. The van der Waals surface area contributed by atoms with Crippen LogP contribution in [-0.2, 0) is 9.53 Å². The van der Waals surface area contributed by atoms with Gasteiger partial charge in [-0.25, -0.2) is 9.78 Å². The Labute approximate surface area is 163 Å². The first-order valence-electron chi connectivity index (χ1n) is 9.30. The van der Waals surface area contributed by atoms with Crippen molar-refractivity contribution < 1.29 is 18.7 Å². The number of nitrogens with one attached hydrogen (secondary N) is 1. The Morgan fingerprint density at radius 3 is 2.57 bits per heavy atom. The quantitative estimate of drug-likeness (QED) is 0.651. The number of rotatable bonds is 6. The Hall–Kier alpha value is -3.15. The van der Waals surface area contributed by atoms with Crippen LogP contribution in [0.5, 0.6) is 0 Å². The zero-order chi connectivity index (χ0) is 20.3. The molecule has 0 saturated heterocycles. The predicted molar refractivity (Wildman–Crippen MR) is 107 cm³/mol. The molecule has 3 aromatic rings. The second-order valence-corrected chi connectivity index (χ2v) is 7.17. The molecule has 0 spiro atoms. The summed E-state index contributed by atoms with van der Waals surface area (Å²) in [5.41, 5.74) is 1.53. The van der Waals surface area contributed by atoms with E-state index in [9.17, 15) is 9.59 Å². The van der Waals surface area contributed by atoms with Crippen molar-refractivity contribution in [2.24, 2.45) is 5.92 Å². The van der Waals surface area contributed by atoms with Crippen molar-refractivity contribution in [3.8, 4) is 11.5 Å². The summed E-state index contributed by atoms with van der Waals surface area (Å²) < 4.78 is 11.1. The van der Waals surface area contributed by atoms with Crippen molar-refractivity contribution >= 4 is 22.8 Å². The third kappa shape index (κ3) is 4.39. The average molecular weight is 380 g/mol. The number of ether oxygens (including phenoxy) is 1. The van der Waals surface area contributed by atoms with Crippen LogP contribution in [0.2, 0.25) is 0 Å². The van der Waals surface area contributed by atoms with E-state index in [1.54, 1.807) is 19.1 Å². The lowest BCUT2D eigenvalue weighted by molar-refractivity contribution is -0.129. The largest absolute Gasteiger partial charge is 0.460 e. The van der Waals surface area contributed by atoms with E-state index in [-0.39, 0.29) is 5.91 Å². The Morgan fingerprint density at radius 1 is 1.14 bits per heavy atom. The SMILES string of the molecule is Cc1ccc(-c2cc(C(=O)O[C@H](C)C(=O)NCC(C)C)c3ccccc3n2)o1. The van der Waals surface area contributed by atoms with Crippen LogP contribution in [0.1, 0.15) is 36.9 Å². The number of furan rings is 1. The molecular weight excluding hydrogens is 356 g/mol. The van der Waals surface area contributed by atoms with Crippen LogP contribution in [0.4, 0.5) is 0 Å². The van der Waals surface area contributed by atoms with Gasteiger partial charge in [0.2, 0.25) is 0 Å². The molecule has 6 nitrogen and oxygen atoms in total. The Bertz CT molecular complexity index is 1010. The standard InChI is InChI=1S/C22H24N2O4/c1-13(2)12-23-21(25)15(4)28-22(26)17-11-19(20-10-9-14(3)27-20)24-18-8-6-5-7-16(17)18/h5-11,13,15H,12H2,1-4H3,(H,23,25)/t15-/m1/s1. The summed E-state index contributed by atoms with van der Waals surface area (Å²) in [6.07, 6.45) is -0.896. The van der Waals surface area contributed by atoms with Gasteiger partial charge in [0.25, 0.3) is 5.91 Å². The van der Waals surface area contributed by atoms with E-state index in [1.165, 1.54) is 0 Å². The molecule has 0 radical (unpaired) electrons. The normalized spacial score (nSPS) is 12.2. The molecule has 2 heterocycles. The molecule has 6 heteroatoms. The molecule has 0 aliphatic heterocycles. The Kier molecular flexibility index (Phi) is 5.78. The Balaban J connectivity index is 1.90. The van der Waals surface area contributed by atoms with Gasteiger partial charge in [-0.3, -0.25) is 4.79 Å². The number of hydrogen-bond acceptors (Lipinski definition) is 5. The van der Waals surface area contributed by atoms with Gasteiger partial charge in [0.15, 0.2) is 11.9 Å². The van der Waals surface area contributed by atoms with Gasteiger partial charge in [-0.05, 0) is 44.0 Å². The van der Waals surface area contributed by atoms with Crippen LogP contribution in [0.3, 0.4) is 0 Å². The van der Waals surface area contributed by atoms with E-state index in [0.29, 0.717) is 40.4 Å². The summed E-state index contributed by atoms with van der Waals surface area (Å²) in [7, 11) is 0. The third-order valence-corrected chi connectivity index (χ3v) is 4.27. The van der Waals surface area contributed by atoms with E-state index in [2.05, 4.69) is 10.3 Å². The summed E-state index contributed by atoms with van der Waals surface area (Å²) in [5.74, 6) is 0.748. The van der Waals surface area contributed by atoms with Crippen molar-refractivity contribution in [2.75, 3.05) is 6.54 Å². The number of aryl methyl sites for hydroxylation is 1. The van der Waals surface area contributed by atoms with Crippen LogP contribution in [0.15, 0.2) is 46.9 Å². The maximum absolute atomic E-state index is 12.8. The topological polar surface area (TPSA) is 81.4 Å². The lowest BCUT2D eigenvalue weighted by Crippen LogP contribution is -2.37. The average Bonchev–Trinajstić information content (AvgIpc) is 3.11. The predicted octanol–water partition coefficient (Wildman–Crippen LogP) is 4.12. The third-order valence-electron chi connectivity index (χ3n) is 4.27. The van der Waals surface area contributed by atoms with Crippen LogP contribution < -0.4 is 5.32 Å². The fourth-order valence-corrected chi connectivity index (χ4v) is 2.77. The summed E-state index contributed by atoms with van der Waals surface area (Å²) in [4.78, 5) is 29.6. The highest BCUT2D eigenvalue weighted by molar-refractivity contribution is 6.05. The lowest BCUT2D eigenvalue weighted by atomic mass is 10.1. The first kappa shape index (κ1) is 19.6. The van der Waals surface area contributed by atoms with Crippen LogP contribution in [0.25, 0.3) is 22.4 Å². The van der Waals surface area contributed by atoms with E-state index in [4.69, 9.17) is 9.15 Å². The smallest absolute Gasteiger partial charge is 0.339 e. The molecule has 0 aliphatic rings. The molecule has 1 N–H and O–H groups in total. The minimum atomic E-state index is -0.896. The van der Waals surface area contributed by atoms with E-state index in [0.717, 1.165) is 5.76 Å². The van der Waals surface area contributed by atoms with E-state index in [1.807, 2.05) is 51.1 Å². The number of fused-ring (bicyclic) bond motifs is 1. The van der Waals surface area contributed by atoms with E-state index >= 15 is 0 Å². The molecule has 3 rings (SSSR count). The van der Waals surface area contributed by atoms with Crippen molar-refractivity contribution in [3.05, 3.63) is 53.8 Å². The van der Waals surface area contributed by atoms with Crippen molar-refractivity contribution in [1.29, 1.82) is 0 Å². The van der Waals surface area contributed by atoms with Crippen molar-refractivity contribution in [1.82, 2.24) is 10.3 Å². The summed E-state index contributed by atoms with van der Waals surface area (Å²) >= 11 is 0. The van der Waals surface area contributed by atoms with Gasteiger partial charge in [0.1, 0.15) is 11.5 Å². The van der Waals surface area contributed by atoms with Gasteiger partial charge in [0.05, 0.1) is 11.1 Å². The van der Waals surface area contributed by atoms with Gasteiger partial charge in [-0.15, -0.1) is 0 Å². The Morgan fingerprint density at radius 2 is 1.89 bits per heavy atom. The molecule has 0 unspecified atom stereocenters. The fourth-order valence-electron chi connectivity index (χ4n) is 2.77. The number of aromatic nitrogens is 1. The number of nitrogens with zero attached hydrogens (tertiary/aromatic N) is 1. The minimum Gasteiger partial charge on any atom is -0.460 e. The zero-order valence-corrected chi connectivity index (χ0v) is 16.5. The number of carbonyl (C=O) groups excluding carboxylic acids is 2. The van der Waals surface area contributed by atoms with Crippen LogP contribution >= 0.6 is 0 Å². The van der Waals surface area contributed by atoms with Crippen molar-refractivity contribution in [3.63, 3.8) is 0 Å². The van der Waals surface area contributed by atoms with Gasteiger partial charge in [-0.2, -0.15) is 0 Å². The highest BCUT2D eigenvalue weighted by Gasteiger charge is 2.22. The summed E-state index contributed by atoms with van der Waals surface area (Å²) in [6.45, 7) is 7.93. The molecule has 1 atom stereocenters. The van der Waals surface area contributed by atoms with Gasteiger partial charge < -0.3 is 14.5 Å². The van der Waals surface area contributed by atoms with Gasteiger partial charge >= 0.3 is 5.97 Å². The summed E-state index contributed by atoms with van der Waals surface area (Å²) in [6, 6.07) is 12.6. The second-order valence-electron chi connectivity index (χ2n) is 7.17. The highest BCUT2D eigenvalue weighted by Crippen LogP contribution is 2.27. The maximum atomic E-state index is 12.8. The molecule has 146 valence electrons. The second kappa shape index (κ2) is 8.25. The van der Waals surface area contributed by atoms with Crippen molar-refractivity contribution in [2.45, 2.75) is 33.8 Å². The van der Waals surface area contributed by atoms with Gasteiger partial charge in [-0.1, -0.05) is 32.0 Å². The van der Waals surface area contributed by atoms with Gasteiger partial charge in [0, 0.05) is 11.9 Å². The minimum absolute atomic E-state index is 0.315. The molecule has 2 aromatic heterocycles. The van der Waals surface area contributed by atoms with E-state index < -0.39 is 12.1 Å².